The van der Waals surface area contributed by atoms with Crippen LogP contribution in [0.25, 0.3) is 0 Å². The van der Waals surface area contributed by atoms with E-state index in [0.29, 0.717) is 0 Å². The molecule has 0 heterocycles. The first-order chi connectivity index (χ1) is 8.87. The molecular formula is C15H20ClNO2. The second-order valence-electron chi connectivity index (χ2n) is 5.89. The predicted octanol–water partition coefficient (Wildman–Crippen LogP) is 3.81. The summed E-state index contributed by atoms with van der Waals surface area (Å²) in [5.74, 6) is 0. The van der Waals surface area contributed by atoms with E-state index in [4.69, 9.17) is 16.3 Å². The van der Waals surface area contributed by atoms with Gasteiger partial charge in [-0.3, -0.25) is 0 Å². The highest BCUT2D eigenvalue weighted by molar-refractivity contribution is 6.21. The number of alkyl carbamates (subject to hydrolysis) is 1. The molecule has 2 atom stereocenters. The molecule has 0 bridgehead atoms. The highest BCUT2D eigenvalue weighted by atomic mass is 35.5. The van der Waals surface area contributed by atoms with Crippen LogP contribution in [0.15, 0.2) is 24.3 Å². The summed E-state index contributed by atoms with van der Waals surface area (Å²) in [4.78, 5) is 11.8. The maximum Gasteiger partial charge on any atom is 0.407 e. The molecule has 0 aromatic heterocycles. The fraction of sp³-hybridized carbons (Fsp3) is 0.533. The van der Waals surface area contributed by atoms with Crippen LogP contribution in [0.4, 0.5) is 4.79 Å². The Morgan fingerprint density at radius 3 is 2.74 bits per heavy atom. The van der Waals surface area contributed by atoms with Crippen molar-refractivity contribution in [3.8, 4) is 0 Å². The summed E-state index contributed by atoms with van der Waals surface area (Å²) in [7, 11) is 0. The van der Waals surface area contributed by atoms with Crippen molar-refractivity contribution >= 4 is 17.7 Å². The van der Waals surface area contributed by atoms with Crippen LogP contribution in [0.2, 0.25) is 0 Å². The molecule has 1 N–H and O–H groups in total. The van der Waals surface area contributed by atoms with Crippen LogP contribution in [-0.4, -0.2) is 17.7 Å². The fourth-order valence-electron chi connectivity index (χ4n) is 2.31. The molecule has 0 spiro atoms. The fourth-order valence-corrected chi connectivity index (χ4v) is 2.71. The third-order valence-electron chi connectivity index (χ3n) is 3.13. The van der Waals surface area contributed by atoms with Gasteiger partial charge < -0.3 is 10.1 Å². The number of ether oxygens (including phenoxy) is 1. The summed E-state index contributed by atoms with van der Waals surface area (Å²) in [5, 5.41) is 2.68. The zero-order valence-electron chi connectivity index (χ0n) is 11.6. The average Bonchev–Trinajstić information content (AvgIpc) is 2.31. The molecule has 1 aromatic carbocycles. The molecule has 0 saturated carbocycles. The third-order valence-corrected chi connectivity index (χ3v) is 3.67. The number of fused-ring (bicyclic) bond motifs is 1. The van der Waals surface area contributed by atoms with Gasteiger partial charge in [0.05, 0.1) is 11.4 Å². The monoisotopic (exact) mass is 281 g/mol. The Bertz CT molecular complexity index is 467. The van der Waals surface area contributed by atoms with Crippen LogP contribution in [0.3, 0.4) is 0 Å². The smallest absolute Gasteiger partial charge is 0.407 e. The number of carbonyl (C=O) groups excluding carboxylic acids is 1. The van der Waals surface area contributed by atoms with E-state index < -0.39 is 11.7 Å². The number of halogens is 1. The Morgan fingerprint density at radius 2 is 2.05 bits per heavy atom. The van der Waals surface area contributed by atoms with Gasteiger partial charge in [0.15, 0.2) is 0 Å². The quantitative estimate of drug-likeness (QED) is 0.795. The van der Waals surface area contributed by atoms with Crippen LogP contribution >= 0.6 is 11.6 Å². The largest absolute Gasteiger partial charge is 0.444 e. The van der Waals surface area contributed by atoms with Gasteiger partial charge in [-0.15, -0.1) is 11.6 Å². The van der Waals surface area contributed by atoms with Gasteiger partial charge in [0, 0.05) is 0 Å². The molecule has 2 rings (SSSR count). The summed E-state index contributed by atoms with van der Waals surface area (Å²) in [6.07, 6.45) is 1.37. The van der Waals surface area contributed by atoms with Gasteiger partial charge in [-0.05, 0) is 44.7 Å². The molecule has 1 aliphatic rings. The summed E-state index contributed by atoms with van der Waals surface area (Å²) in [6, 6.07) is 8.03. The molecule has 0 saturated heterocycles. The van der Waals surface area contributed by atoms with Gasteiger partial charge in [-0.1, -0.05) is 24.3 Å². The maximum atomic E-state index is 11.8. The van der Waals surface area contributed by atoms with Gasteiger partial charge in [-0.25, -0.2) is 4.79 Å². The van der Waals surface area contributed by atoms with Gasteiger partial charge in [0.1, 0.15) is 5.60 Å². The van der Waals surface area contributed by atoms with Gasteiger partial charge in [-0.2, -0.15) is 0 Å². The summed E-state index contributed by atoms with van der Waals surface area (Å²) in [5.41, 5.74) is 1.89. The van der Waals surface area contributed by atoms with E-state index in [1.807, 2.05) is 39.0 Å². The van der Waals surface area contributed by atoms with Gasteiger partial charge >= 0.3 is 6.09 Å². The van der Waals surface area contributed by atoms with Crippen LogP contribution in [-0.2, 0) is 11.2 Å². The maximum absolute atomic E-state index is 11.8. The second-order valence-corrected chi connectivity index (χ2v) is 6.36. The van der Waals surface area contributed by atoms with E-state index in [1.165, 1.54) is 5.56 Å². The first-order valence-electron chi connectivity index (χ1n) is 6.58. The molecular weight excluding hydrogens is 262 g/mol. The first kappa shape index (κ1) is 14.2. The van der Waals surface area contributed by atoms with Gasteiger partial charge in [0.25, 0.3) is 0 Å². The van der Waals surface area contributed by atoms with E-state index >= 15 is 0 Å². The Kier molecular flexibility index (Phi) is 4.04. The molecule has 19 heavy (non-hydrogen) atoms. The highest BCUT2D eigenvalue weighted by Gasteiger charge is 2.30. The van der Waals surface area contributed by atoms with Crippen LogP contribution in [0, 0.1) is 0 Å². The Balaban J connectivity index is 2.02. The topological polar surface area (TPSA) is 38.3 Å². The number of alkyl halides is 1. The zero-order valence-corrected chi connectivity index (χ0v) is 12.3. The number of carbonyl (C=O) groups is 1. The predicted molar refractivity (Wildman–Crippen MR) is 76.5 cm³/mol. The molecule has 1 aliphatic carbocycles. The molecule has 1 amide bonds. The van der Waals surface area contributed by atoms with E-state index in [9.17, 15) is 4.79 Å². The Hall–Kier alpha value is -1.22. The molecule has 2 unspecified atom stereocenters. The normalized spacial score (nSPS) is 22.5. The SMILES string of the molecule is CC(C)(C)OC(=O)NC1CCc2ccccc2C1Cl. The van der Waals surface area contributed by atoms with E-state index in [0.717, 1.165) is 18.4 Å². The molecule has 3 nitrogen and oxygen atoms in total. The minimum atomic E-state index is -0.488. The Labute approximate surface area is 119 Å². The van der Waals surface area contributed by atoms with E-state index in [1.54, 1.807) is 0 Å². The third kappa shape index (κ3) is 3.63. The highest BCUT2D eigenvalue weighted by Crippen LogP contribution is 2.34. The number of nitrogens with one attached hydrogen (secondary N) is 1. The minimum absolute atomic E-state index is 0.0774. The van der Waals surface area contributed by atoms with Crippen molar-refractivity contribution in [3.63, 3.8) is 0 Å². The number of rotatable bonds is 1. The summed E-state index contributed by atoms with van der Waals surface area (Å²) < 4.78 is 5.27. The van der Waals surface area contributed by atoms with Crippen molar-refractivity contribution in [2.75, 3.05) is 0 Å². The standard InChI is InChI=1S/C15H20ClNO2/c1-15(2,3)19-14(18)17-12-9-8-10-6-4-5-7-11(10)13(12)16/h4-7,12-13H,8-9H2,1-3H3,(H,17,18). The first-order valence-corrected chi connectivity index (χ1v) is 7.02. The molecule has 104 valence electrons. The van der Waals surface area contributed by atoms with E-state index in [-0.39, 0.29) is 11.4 Å². The lowest BCUT2D eigenvalue weighted by Gasteiger charge is -2.31. The van der Waals surface area contributed by atoms with E-state index in [2.05, 4.69) is 11.4 Å². The molecule has 0 radical (unpaired) electrons. The summed E-state index contributed by atoms with van der Waals surface area (Å²) >= 11 is 6.46. The van der Waals surface area contributed by atoms with Gasteiger partial charge in [0.2, 0.25) is 0 Å². The second kappa shape index (κ2) is 5.41. The van der Waals surface area contributed by atoms with Crippen LogP contribution < -0.4 is 5.32 Å². The van der Waals surface area contributed by atoms with Crippen molar-refractivity contribution < 1.29 is 9.53 Å². The molecule has 0 fully saturated rings. The van der Waals surface area contributed by atoms with Crippen LogP contribution in [0.1, 0.15) is 43.7 Å². The number of hydrogen-bond donors (Lipinski definition) is 1. The number of hydrogen-bond acceptors (Lipinski definition) is 2. The molecule has 0 aliphatic heterocycles. The lowest BCUT2D eigenvalue weighted by molar-refractivity contribution is 0.0498. The zero-order chi connectivity index (χ0) is 14.0. The number of benzene rings is 1. The van der Waals surface area contributed by atoms with Crippen molar-refractivity contribution in [3.05, 3.63) is 35.4 Å². The Morgan fingerprint density at radius 1 is 1.37 bits per heavy atom. The van der Waals surface area contributed by atoms with Crippen molar-refractivity contribution in [2.45, 2.75) is 50.6 Å². The number of aryl methyl sites for hydroxylation is 1. The van der Waals surface area contributed by atoms with Crippen molar-refractivity contribution in [1.29, 1.82) is 0 Å². The van der Waals surface area contributed by atoms with Crippen LogP contribution in [0.5, 0.6) is 0 Å². The lowest BCUT2D eigenvalue weighted by Crippen LogP contribution is -2.42. The number of amides is 1. The van der Waals surface area contributed by atoms with Crippen molar-refractivity contribution in [1.82, 2.24) is 5.32 Å². The molecule has 1 aromatic rings. The lowest BCUT2D eigenvalue weighted by atomic mass is 9.88. The minimum Gasteiger partial charge on any atom is -0.444 e. The molecule has 4 heteroatoms. The average molecular weight is 282 g/mol. The summed E-state index contributed by atoms with van der Waals surface area (Å²) in [6.45, 7) is 5.54. The van der Waals surface area contributed by atoms with Crippen molar-refractivity contribution in [2.24, 2.45) is 0 Å².